The van der Waals surface area contributed by atoms with Crippen LogP contribution in [0.3, 0.4) is 0 Å². The molecule has 4 rings (SSSR count). The van der Waals surface area contributed by atoms with E-state index < -0.39 is 11.5 Å². The summed E-state index contributed by atoms with van der Waals surface area (Å²) in [6, 6.07) is 11.2. The molecule has 1 N–H and O–H groups in total. The Hall–Kier alpha value is -2.53. The normalized spacial score (nSPS) is 17.0. The summed E-state index contributed by atoms with van der Waals surface area (Å²) in [7, 11) is 0. The average Bonchev–Trinajstić information content (AvgIpc) is 3.05. The van der Waals surface area contributed by atoms with E-state index in [0.29, 0.717) is 29.2 Å². The van der Waals surface area contributed by atoms with Crippen molar-refractivity contribution in [2.45, 2.75) is 57.6 Å². The van der Waals surface area contributed by atoms with Gasteiger partial charge in [-0.2, -0.15) is 0 Å². The smallest absolute Gasteiger partial charge is 0.332 e. The molecule has 6 heteroatoms. The predicted octanol–water partition coefficient (Wildman–Crippen LogP) is 4.41. The van der Waals surface area contributed by atoms with E-state index in [0.717, 1.165) is 36.0 Å². The van der Waals surface area contributed by atoms with Crippen molar-refractivity contribution in [3.05, 3.63) is 63.7 Å². The molecule has 1 fully saturated rings. The molecule has 0 heterocycles. The lowest BCUT2D eigenvalue weighted by molar-refractivity contribution is -0.150. The lowest BCUT2D eigenvalue weighted by atomic mass is 9.94. The molecule has 5 nitrogen and oxygen atoms in total. The van der Waals surface area contributed by atoms with Crippen LogP contribution in [0.4, 0.5) is 0 Å². The molecular weight excluding hydrogens is 402 g/mol. The third kappa shape index (κ3) is 3.91. The Bertz CT molecular complexity index is 958. The van der Waals surface area contributed by atoms with Gasteiger partial charge in [0, 0.05) is 17.9 Å². The molecule has 0 saturated heterocycles. The topological polar surface area (TPSA) is 64.6 Å². The number of carbonyl (C=O) groups is 2. The number of fused-ring (bicyclic) bond motifs is 1. The molecule has 0 radical (unpaired) electrons. The molecular formula is C24H26ClNO4. The fourth-order valence-electron chi connectivity index (χ4n) is 4.16. The van der Waals surface area contributed by atoms with Gasteiger partial charge in [-0.05, 0) is 61.9 Å². The van der Waals surface area contributed by atoms with Crippen LogP contribution >= 0.6 is 11.6 Å². The molecule has 30 heavy (non-hydrogen) atoms. The number of hydrogen-bond donors (Lipinski definition) is 1. The number of rotatable bonds is 6. The largest absolute Gasteiger partial charge is 0.489 e. The van der Waals surface area contributed by atoms with E-state index in [1.54, 1.807) is 19.1 Å². The van der Waals surface area contributed by atoms with E-state index in [1.807, 2.05) is 31.2 Å². The molecule has 0 bridgehead atoms. The number of nitrogens with one attached hydrogen (secondary N) is 1. The fourth-order valence-corrected chi connectivity index (χ4v) is 4.44. The molecule has 0 aromatic heterocycles. The Morgan fingerprint density at radius 3 is 2.40 bits per heavy atom. The minimum absolute atomic E-state index is 0.117. The first-order valence-electron chi connectivity index (χ1n) is 10.4. The maximum Gasteiger partial charge on any atom is 0.332 e. The van der Waals surface area contributed by atoms with Gasteiger partial charge in [-0.1, -0.05) is 35.9 Å². The highest BCUT2D eigenvalue weighted by Crippen LogP contribution is 2.35. The lowest BCUT2D eigenvalue weighted by Gasteiger charge is -2.30. The summed E-state index contributed by atoms with van der Waals surface area (Å²) in [6.45, 7) is 3.89. The van der Waals surface area contributed by atoms with E-state index >= 15 is 0 Å². The van der Waals surface area contributed by atoms with Gasteiger partial charge in [0.1, 0.15) is 11.3 Å². The molecule has 2 aliphatic rings. The number of carbonyl (C=O) groups excluding carboxylic acids is 2. The fraction of sp³-hybridized carbons (Fsp3) is 0.417. The van der Waals surface area contributed by atoms with Crippen LogP contribution < -0.4 is 10.1 Å². The monoisotopic (exact) mass is 427 g/mol. The van der Waals surface area contributed by atoms with E-state index in [-0.39, 0.29) is 18.6 Å². The Balaban J connectivity index is 1.66. The molecule has 2 aliphatic carbocycles. The zero-order valence-corrected chi connectivity index (χ0v) is 18.1. The van der Waals surface area contributed by atoms with Gasteiger partial charge in [-0.25, -0.2) is 4.79 Å². The summed E-state index contributed by atoms with van der Waals surface area (Å²) in [5.74, 6) is -0.262. The van der Waals surface area contributed by atoms with Crippen molar-refractivity contribution in [3.8, 4) is 5.75 Å². The number of halogens is 1. The van der Waals surface area contributed by atoms with Crippen LogP contribution in [0, 0.1) is 6.92 Å². The molecule has 158 valence electrons. The standard InChI is InChI=1S/C24H26ClNO4/c1-3-29-23(28)24(13-16-7-4-5-8-17(16)14-24)26-22(27)20-12-18(25)11-15(2)21(20)30-19-9-6-10-19/h4-5,7-8,11-12,19H,3,6,9-10,13-14H2,1-2H3,(H,26,27). The van der Waals surface area contributed by atoms with Crippen LogP contribution in [-0.2, 0) is 22.4 Å². The van der Waals surface area contributed by atoms with Crippen LogP contribution in [0.5, 0.6) is 5.75 Å². The summed E-state index contributed by atoms with van der Waals surface area (Å²) in [6.07, 6.45) is 3.99. The van der Waals surface area contributed by atoms with Gasteiger partial charge >= 0.3 is 5.97 Å². The van der Waals surface area contributed by atoms with E-state index in [9.17, 15) is 9.59 Å². The molecule has 0 aliphatic heterocycles. The van der Waals surface area contributed by atoms with Gasteiger partial charge in [0.15, 0.2) is 0 Å². The van der Waals surface area contributed by atoms with Crippen molar-refractivity contribution in [3.63, 3.8) is 0 Å². The predicted molar refractivity (Wildman–Crippen MR) is 115 cm³/mol. The first-order valence-corrected chi connectivity index (χ1v) is 10.8. The SMILES string of the molecule is CCOC(=O)C1(NC(=O)c2cc(Cl)cc(C)c2OC2CCC2)Cc2ccccc2C1. The van der Waals surface area contributed by atoms with Gasteiger partial charge in [0.2, 0.25) is 0 Å². The Morgan fingerprint density at radius 1 is 1.17 bits per heavy atom. The summed E-state index contributed by atoms with van der Waals surface area (Å²) in [5.41, 5.74) is 2.10. The van der Waals surface area contributed by atoms with Crippen molar-refractivity contribution in [2.75, 3.05) is 6.61 Å². The minimum Gasteiger partial charge on any atom is -0.489 e. The Kier molecular flexibility index (Phi) is 5.74. The van der Waals surface area contributed by atoms with Gasteiger partial charge in [-0.3, -0.25) is 4.79 Å². The van der Waals surface area contributed by atoms with E-state index in [1.165, 1.54) is 0 Å². The molecule has 0 atom stereocenters. The van der Waals surface area contributed by atoms with Crippen LogP contribution in [0.15, 0.2) is 36.4 Å². The van der Waals surface area contributed by atoms with Gasteiger partial charge < -0.3 is 14.8 Å². The third-order valence-corrected chi connectivity index (χ3v) is 6.16. The zero-order valence-electron chi connectivity index (χ0n) is 17.3. The molecule has 1 saturated carbocycles. The minimum atomic E-state index is -1.14. The van der Waals surface area contributed by atoms with Crippen molar-refractivity contribution < 1.29 is 19.1 Å². The number of amides is 1. The maximum absolute atomic E-state index is 13.4. The number of aryl methyl sites for hydroxylation is 1. The highest BCUT2D eigenvalue weighted by molar-refractivity contribution is 6.31. The Labute approximate surface area is 181 Å². The number of esters is 1. The summed E-state index contributed by atoms with van der Waals surface area (Å²) < 4.78 is 11.5. The van der Waals surface area contributed by atoms with Crippen molar-refractivity contribution in [1.82, 2.24) is 5.32 Å². The first-order chi connectivity index (χ1) is 14.4. The van der Waals surface area contributed by atoms with E-state index in [4.69, 9.17) is 21.1 Å². The van der Waals surface area contributed by atoms with Crippen molar-refractivity contribution >= 4 is 23.5 Å². The van der Waals surface area contributed by atoms with E-state index in [2.05, 4.69) is 5.32 Å². The second-order valence-electron chi connectivity index (χ2n) is 8.15. The molecule has 2 aromatic rings. The van der Waals surface area contributed by atoms with Crippen molar-refractivity contribution in [1.29, 1.82) is 0 Å². The average molecular weight is 428 g/mol. The van der Waals surface area contributed by atoms with Crippen LogP contribution in [0.1, 0.15) is 53.2 Å². The third-order valence-electron chi connectivity index (χ3n) is 5.94. The van der Waals surface area contributed by atoms with Gasteiger partial charge in [0.05, 0.1) is 18.3 Å². The Morgan fingerprint density at radius 2 is 1.83 bits per heavy atom. The maximum atomic E-state index is 13.4. The molecule has 2 aromatic carbocycles. The van der Waals surface area contributed by atoms with Crippen LogP contribution in [-0.4, -0.2) is 30.1 Å². The number of ether oxygens (including phenoxy) is 2. The zero-order chi connectivity index (χ0) is 21.3. The highest BCUT2D eigenvalue weighted by Gasteiger charge is 2.47. The summed E-state index contributed by atoms with van der Waals surface area (Å²) in [4.78, 5) is 26.4. The second-order valence-corrected chi connectivity index (χ2v) is 8.59. The first kappa shape index (κ1) is 20.7. The highest BCUT2D eigenvalue weighted by atomic mass is 35.5. The molecule has 1 amide bonds. The summed E-state index contributed by atoms with van der Waals surface area (Å²) in [5, 5.41) is 3.45. The van der Waals surface area contributed by atoms with Crippen LogP contribution in [0.25, 0.3) is 0 Å². The second kappa shape index (κ2) is 8.31. The number of hydrogen-bond acceptors (Lipinski definition) is 4. The molecule has 0 spiro atoms. The quantitative estimate of drug-likeness (QED) is 0.693. The van der Waals surface area contributed by atoms with Gasteiger partial charge in [-0.15, -0.1) is 0 Å². The van der Waals surface area contributed by atoms with Gasteiger partial charge in [0.25, 0.3) is 5.91 Å². The van der Waals surface area contributed by atoms with Crippen molar-refractivity contribution in [2.24, 2.45) is 0 Å². The lowest BCUT2D eigenvalue weighted by Crippen LogP contribution is -2.56. The number of benzene rings is 2. The van der Waals surface area contributed by atoms with Crippen LogP contribution in [0.2, 0.25) is 5.02 Å². The summed E-state index contributed by atoms with van der Waals surface area (Å²) >= 11 is 6.26. The molecule has 0 unspecified atom stereocenters.